The van der Waals surface area contributed by atoms with Gasteiger partial charge >= 0.3 is 0 Å². The highest BCUT2D eigenvalue weighted by Crippen LogP contribution is 2.39. The first-order valence-corrected chi connectivity index (χ1v) is 9.81. The molecule has 2 saturated heterocycles. The molecule has 22 heavy (non-hydrogen) atoms. The fourth-order valence-electron chi connectivity index (χ4n) is 4.00. The van der Waals surface area contributed by atoms with E-state index < -0.39 is 9.84 Å². The average Bonchev–Trinajstić information content (AvgIpc) is 2.67. The lowest BCUT2D eigenvalue weighted by molar-refractivity contribution is 0.0597. The van der Waals surface area contributed by atoms with Gasteiger partial charge in [0.25, 0.3) is 5.91 Å². The molecule has 4 nitrogen and oxygen atoms in total. The van der Waals surface area contributed by atoms with Crippen LogP contribution < -0.4 is 0 Å². The standard InChI is InChI=1S/C17H23NO3S/c1-11-4-7-16(12(2)8-11)17(19)18-13-5-6-14(18)10-15(9-13)22(3,20)21/h4,7-8,13-15H,5-6,9-10H2,1-3H3. The molecule has 2 aliphatic rings. The second-order valence-electron chi connectivity index (χ2n) is 6.84. The number of benzene rings is 1. The number of aryl methyl sites for hydroxylation is 2. The molecule has 3 rings (SSSR count). The highest BCUT2D eigenvalue weighted by molar-refractivity contribution is 7.91. The third-order valence-corrected chi connectivity index (χ3v) is 6.74. The maximum Gasteiger partial charge on any atom is 0.254 e. The van der Waals surface area contributed by atoms with Crippen molar-refractivity contribution in [2.75, 3.05) is 6.26 Å². The van der Waals surface area contributed by atoms with Crippen LogP contribution in [0.4, 0.5) is 0 Å². The number of rotatable bonds is 2. The van der Waals surface area contributed by atoms with Crippen molar-refractivity contribution in [1.29, 1.82) is 0 Å². The molecule has 2 fully saturated rings. The number of piperidine rings is 1. The van der Waals surface area contributed by atoms with E-state index in [1.54, 1.807) is 0 Å². The predicted molar refractivity (Wildman–Crippen MR) is 86.8 cm³/mol. The second kappa shape index (κ2) is 5.37. The van der Waals surface area contributed by atoms with Gasteiger partial charge in [-0.1, -0.05) is 17.7 Å². The van der Waals surface area contributed by atoms with Crippen LogP contribution >= 0.6 is 0 Å². The first-order chi connectivity index (χ1) is 10.3. The van der Waals surface area contributed by atoms with Gasteiger partial charge in [-0.25, -0.2) is 8.42 Å². The Bertz CT molecular complexity index is 697. The van der Waals surface area contributed by atoms with E-state index in [-0.39, 0.29) is 23.2 Å². The fourth-order valence-corrected chi connectivity index (χ4v) is 5.14. The summed E-state index contributed by atoms with van der Waals surface area (Å²) >= 11 is 0. The highest BCUT2D eigenvalue weighted by atomic mass is 32.2. The van der Waals surface area contributed by atoms with Crippen molar-refractivity contribution in [3.63, 3.8) is 0 Å². The Morgan fingerprint density at radius 3 is 2.23 bits per heavy atom. The summed E-state index contributed by atoms with van der Waals surface area (Å²) < 4.78 is 23.7. The minimum Gasteiger partial charge on any atom is -0.333 e. The van der Waals surface area contributed by atoms with Crippen LogP contribution in [0.15, 0.2) is 18.2 Å². The van der Waals surface area contributed by atoms with Crippen LogP contribution in [-0.4, -0.2) is 42.8 Å². The Morgan fingerprint density at radius 2 is 1.73 bits per heavy atom. The molecule has 0 saturated carbocycles. The van der Waals surface area contributed by atoms with E-state index in [2.05, 4.69) is 0 Å². The van der Waals surface area contributed by atoms with Gasteiger partial charge in [0.05, 0.1) is 5.25 Å². The zero-order chi connectivity index (χ0) is 16.1. The summed E-state index contributed by atoms with van der Waals surface area (Å²) in [6, 6.07) is 6.04. The predicted octanol–water partition coefficient (Wildman–Crippen LogP) is 2.48. The fraction of sp³-hybridized carbons (Fsp3) is 0.588. The summed E-state index contributed by atoms with van der Waals surface area (Å²) in [7, 11) is -3.02. The van der Waals surface area contributed by atoms with E-state index in [0.29, 0.717) is 12.8 Å². The van der Waals surface area contributed by atoms with Crippen molar-refractivity contribution in [2.24, 2.45) is 0 Å². The molecule has 1 aromatic carbocycles. The summed E-state index contributed by atoms with van der Waals surface area (Å²) in [5.74, 6) is 0.0666. The van der Waals surface area contributed by atoms with Crippen molar-refractivity contribution in [3.05, 3.63) is 34.9 Å². The van der Waals surface area contributed by atoms with Gasteiger partial charge < -0.3 is 4.90 Å². The van der Waals surface area contributed by atoms with Crippen molar-refractivity contribution in [1.82, 2.24) is 4.90 Å². The average molecular weight is 321 g/mol. The Kier molecular flexibility index (Phi) is 3.79. The van der Waals surface area contributed by atoms with Gasteiger partial charge in [0.2, 0.25) is 0 Å². The summed E-state index contributed by atoms with van der Waals surface area (Å²) in [4.78, 5) is 14.9. The number of amides is 1. The number of sulfone groups is 1. The lowest BCUT2D eigenvalue weighted by Gasteiger charge is -2.38. The van der Waals surface area contributed by atoms with Crippen LogP contribution in [0.5, 0.6) is 0 Å². The largest absolute Gasteiger partial charge is 0.333 e. The minimum atomic E-state index is -3.02. The lowest BCUT2D eigenvalue weighted by Crippen LogP contribution is -2.49. The molecule has 1 amide bonds. The van der Waals surface area contributed by atoms with Gasteiger partial charge in [0.15, 0.2) is 0 Å². The minimum absolute atomic E-state index is 0.0666. The molecular formula is C17H23NO3S. The Hall–Kier alpha value is -1.36. The number of hydrogen-bond donors (Lipinski definition) is 0. The van der Waals surface area contributed by atoms with Gasteiger partial charge in [-0.3, -0.25) is 4.79 Å². The number of nitrogens with zero attached hydrogens (tertiary/aromatic N) is 1. The molecule has 120 valence electrons. The number of carbonyl (C=O) groups excluding carboxylic acids is 1. The molecule has 0 aliphatic carbocycles. The van der Waals surface area contributed by atoms with Gasteiger partial charge in [-0.2, -0.15) is 0 Å². The summed E-state index contributed by atoms with van der Waals surface area (Å²) in [6.45, 7) is 3.98. The van der Waals surface area contributed by atoms with Crippen molar-refractivity contribution in [2.45, 2.75) is 56.9 Å². The topological polar surface area (TPSA) is 54.5 Å². The Morgan fingerprint density at radius 1 is 1.14 bits per heavy atom. The van der Waals surface area contributed by atoms with E-state index >= 15 is 0 Å². The van der Waals surface area contributed by atoms with Gasteiger partial charge in [-0.15, -0.1) is 0 Å². The SMILES string of the molecule is Cc1ccc(C(=O)N2C3CCC2CC(S(C)(=O)=O)C3)c(C)c1. The molecule has 2 bridgehead atoms. The third-order valence-electron chi connectivity index (χ3n) is 5.14. The zero-order valence-corrected chi connectivity index (χ0v) is 14.2. The van der Waals surface area contributed by atoms with E-state index in [1.807, 2.05) is 36.9 Å². The Labute approximate surface area is 132 Å². The maximum absolute atomic E-state index is 12.9. The van der Waals surface area contributed by atoms with Crippen LogP contribution in [0.1, 0.15) is 47.2 Å². The molecule has 2 aliphatic heterocycles. The molecule has 0 aromatic heterocycles. The second-order valence-corrected chi connectivity index (χ2v) is 9.16. The van der Waals surface area contributed by atoms with Gasteiger partial charge in [-0.05, 0) is 51.2 Å². The maximum atomic E-state index is 12.9. The quantitative estimate of drug-likeness (QED) is 0.841. The van der Waals surface area contributed by atoms with Gasteiger partial charge in [0.1, 0.15) is 9.84 Å². The zero-order valence-electron chi connectivity index (χ0n) is 13.4. The molecule has 2 atom stereocenters. The first kappa shape index (κ1) is 15.5. The van der Waals surface area contributed by atoms with Crippen molar-refractivity contribution < 1.29 is 13.2 Å². The van der Waals surface area contributed by atoms with E-state index in [4.69, 9.17) is 0 Å². The van der Waals surface area contributed by atoms with Crippen LogP contribution in [0.25, 0.3) is 0 Å². The van der Waals surface area contributed by atoms with Gasteiger partial charge in [0, 0.05) is 23.9 Å². The molecule has 0 N–H and O–H groups in total. The van der Waals surface area contributed by atoms with E-state index in [9.17, 15) is 13.2 Å². The van der Waals surface area contributed by atoms with Crippen LogP contribution in [0, 0.1) is 13.8 Å². The van der Waals surface area contributed by atoms with Crippen LogP contribution in [0.3, 0.4) is 0 Å². The summed E-state index contributed by atoms with van der Waals surface area (Å²) in [5.41, 5.74) is 2.89. The van der Waals surface area contributed by atoms with Crippen LogP contribution in [-0.2, 0) is 9.84 Å². The van der Waals surface area contributed by atoms with Crippen LogP contribution in [0.2, 0.25) is 0 Å². The third kappa shape index (κ3) is 2.67. The highest BCUT2D eigenvalue weighted by Gasteiger charge is 2.46. The molecule has 2 unspecified atom stereocenters. The van der Waals surface area contributed by atoms with Crippen molar-refractivity contribution >= 4 is 15.7 Å². The van der Waals surface area contributed by atoms with E-state index in [0.717, 1.165) is 29.5 Å². The van der Waals surface area contributed by atoms with Crippen molar-refractivity contribution in [3.8, 4) is 0 Å². The molecule has 1 aromatic rings. The molecule has 2 heterocycles. The monoisotopic (exact) mass is 321 g/mol. The molecular weight excluding hydrogens is 298 g/mol. The normalized spacial score (nSPS) is 28.0. The number of fused-ring (bicyclic) bond motifs is 2. The number of carbonyl (C=O) groups is 1. The first-order valence-electron chi connectivity index (χ1n) is 7.86. The molecule has 0 spiro atoms. The molecule has 0 radical (unpaired) electrons. The lowest BCUT2D eigenvalue weighted by atomic mass is 9.98. The van der Waals surface area contributed by atoms with E-state index in [1.165, 1.54) is 6.26 Å². The summed E-state index contributed by atoms with van der Waals surface area (Å²) in [6.07, 6.45) is 4.34. The Balaban J connectivity index is 1.86. The number of hydrogen-bond acceptors (Lipinski definition) is 3. The smallest absolute Gasteiger partial charge is 0.254 e. The molecule has 5 heteroatoms. The summed E-state index contributed by atoms with van der Waals surface area (Å²) in [5, 5.41) is -0.284.